The Bertz CT molecular complexity index is 1520. The molecule has 4 aromatic carbocycles. The summed E-state index contributed by atoms with van der Waals surface area (Å²) in [5.41, 5.74) is 1.17. The summed E-state index contributed by atoms with van der Waals surface area (Å²) in [6.07, 6.45) is 0. The Hall–Kier alpha value is -3.33. The van der Waals surface area contributed by atoms with Gasteiger partial charge >= 0.3 is 0 Å². The number of sulfonamides is 1. The molecule has 3 N–H and O–H groups in total. The molecule has 8 heteroatoms. The van der Waals surface area contributed by atoms with Gasteiger partial charge in [-0.15, -0.1) is 0 Å². The van der Waals surface area contributed by atoms with Crippen molar-refractivity contribution < 1.29 is 13.2 Å². The Morgan fingerprint density at radius 3 is 2.17 bits per heavy atom. The van der Waals surface area contributed by atoms with Gasteiger partial charge in [0.25, 0.3) is 5.91 Å². The number of benzene rings is 4. The predicted molar refractivity (Wildman–Crippen MR) is 120 cm³/mol. The Balaban J connectivity index is 1.61. The van der Waals surface area contributed by atoms with Gasteiger partial charge < -0.3 is 0 Å². The number of hydrogen-bond donors (Lipinski definition) is 2. The van der Waals surface area contributed by atoms with Gasteiger partial charge in [-0.3, -0.25) is 10.1 Å². The van der Waals surface area contributed by atoms with Crippen molar-refractivity contribution in [3.05, 3.63) is 78.4 Å². The molecule has 6 nitrogen and oxygen atoms in total. The van der Waals surface area contributed by atoms with E-state index in [1.807, 2.05) is 48.5 Å². The molecule has 148 valence electrons. The lowest BCUT2D eigenvalue weighted by molar-refractivity contribution is 0.103. The molecule has 0 aliphatic rings. The molecule has 30 heavy (non-hydrogen) atoms. The van der Waals surface area contributed by atoms with Gasteiger partial charge in [-0.2, -0.15) is 0 Å². The van der Waals surface area contributed by atoms with Crippen molar-refractivity contribution >= 4 is 64.2 Å². The number of rotatable bonds is 3. The second kappa shape index (κ2) is 6.88. The number of hydrogen-bond acceptors (Lipinski definition) is 5. The van der Waals surface area contributed by atoms with Gasteiger partial charge in [0, 0.05) is 0 Å². The van der Waals surface area contributed by atoms with E-state index >= 15 is 0 Å². The summed E-state index contributed by atoms with van der Waals surface area (Å²) in [5.74, 6) is -0.270. The number of carbonyl (C=O) groups excluding carboxylic acids is 1. The first-order valence-electron chi connectivity index (χ1n) is 9.05. The minimum atomic E-state index is -3.81. The number of aromatic nitrogens is 1. The van der Waals surface area contributed by atoms with Crippen LogP contribution in [0.2, 0.25) is 0 Å². The molecule has 1 aromatic heterocycles. The number of anilines is 1. The van der Waals surface area contributed by atoms with Crippen LogP contribution in [0.5, 0.6) is 0 Å². The van der Waals surface area contributed by atoms with Crippen LogP contribution in [-0.4, -0.2) is 19.3 Å². The second-order valence-electron chi connectivity index (χ2n) is 6.84. The summed E-state index contributed by atoms with van der Waals surface area (Å²) in [4.78, 5) is 17.7. The van der Waals surface area contributed by atoms with Gasteiger partial charge in [-0.1, -0.05) is 59.9 Å². The van der Waals surface area contributed by atoms with Crippen molar-refractivity contribution in [1.82, 2.24) is 4.98 Å². The number of fused-ring (bicyclic) bond motifs is 3. The first kappa shape index (κ1) is 18.7. The highest BCUT2D eigenvalue weighted by Crippen LogP contribution is 2.31. The minimum absolute atomic E-state index is 0.0107. The molecule has 0 spiro atoms. The number of thiazole rings is 1. The fraction of sp³-hybridized carbons (Fsp3) is 0. The van der Waals surface area contributed by atoms with E-state index in [9.17, 15) is 13.2 Å². The van der Waals surface area contributed by atoms with Crippen molar-refractivity contribution in [2.24, 2.45) is 5.14 Å². The number of nitrogens with one attached hydrogen (secondary N) is 1. The summed E-state index contributed by atoms with van der Waals surface area (Å²) in [6, 6.07) is 22.0. The molecule has 0 saturated carbocycles. The second-order valence-corrected chi connectivity index (χ2v) is 9.43. The number of carbonyl (C=O) groups is 1. The number of primary sulfonamides is 1. The molecule has 0 aliphatic carbocycles. The van der Waals surface area contributed by atoms with E-state index in [4.69, 9.17) is 5.14 Å². The Labute approximate surface area is 176 Å². The zero-order chi connectivity index (χ0) is 20.9. The van der Waals surface area contributed by atoms with E-state index in [0.29, 0.717) is 20.9 Å². The van der Waals surface area contributed by atoms with E-state index in [1.165, 1.54) is 23.5 Å². The molecular formula is C22H15N3O3S2. The quantitative estimate of drug-likeness (QED) is 0.409. The third kappa shape index (κ3) is 3.21. The topological polar surface area (TPSA) is 102 Å². The van der Waals surface area contributed by atoms with Crippen molar-refractivity contribution in [2.45, 2.75) is 4.90 Å². The Morgan fingerprint density at radius 1 is 0.900 bits per heavy atom. The number of nitrogens with two attached hydrogens (primary N) is 1. The molecule has 1 heterocycles. The van der Waals surface area contributed by atoms with Gasteiger partial charge in [0.2, 0.25) is 10.0 Å². The zero-order valence-electron chi connectivity index (χ0n) is 15.5. The fourth-order valence-corrected chi connectivity index (χ4v) is 5.07. The molecular weight excluding hydrogens is 418 g/mol. The Kier molecular flexibility index (Phi) is 4.28. The maximum Gasteiger partial charge on any atom is 0.258 e. The lowest BCUT2D eigenvalue weighted by atomic mass is 9.96. The largest absolute Gasteiger partial charge is 0.298 e. The highest BCUT2D eigenvalue weighted by molar-refractivity contribution is 7.89. The van der Waals surface area contributed by atoms with Crippen molar-refractivity contribution in [3.63, 3.8) is 0 Å². The first-order chi connectivity index (χ1) is 14.4. The van der Waals surface area contributed by atoms with Gasteiger partial charge in [0.05, 0.1) is 20.7 Å². The molecule has 0 bridgehead atoms. The van der Waals surface area contributed by atoms with E-state index in [0.717, 1.165) is 21.5 Å². The normalized spacial score (nSPS) is 11.9. The summed E-state index contributed by atoms with van der Waals surface area (Å²) >= 11 is 1.20. The summed E-state index contributed by atoms with van der Waals surface area (Å²) in [5, 5.41) is 12.1. The molecule has 0 unspecified atom stereocenters. The van der Waals surface area contributed by atoms with E-state index < -0.39 is 10.0 Å². The number of amides is 1. The first-order valence-corrected chi connectivity index (χ1v) is 11.4. The Morgan fingerprint density at radius 2 is 1.53 bits per heavy atom. The lowest BCUT2D eigenvalue weighted by Gasteiger charge is -2.10. The van der Waals surface area contributed by atoms with Crippen LogP contribution in [0.15, 0.2) is 77.7 Å². The fourth-order valence-electron chi connectivity index (χ4n) is 3.55. The van der Waals surface area contributed by atoms with Gasteiger partial charge in [0.1, 0.15) is 0 Å². The monoisotopic (exact) mass is 433 g/mol. The highest BCUT2D eigenvalue weighted by atomic mass is 32.2. The van der Waals surface area contributed by atoms with Gasteiger partial charge in [0.15, 0.2) is 5.13 Å². The van der Waals surface area contributed by atoms with Crippen LogP contribution >= 0.6 is 11.3 Å². The molecule has 0 radical (unpaired) electrons. The SMILES string of the molecule is NS(=O)(=O)c1ccc2nc(NC(=O)c3c4ccccc4cc4ccccc34)sc2c1. The molecule has 0 saturated heterocycles. The smallest absolute Gasteiger partial charge is 0.258 e. The van der Waals surface area contributed by atoms with Crippen LogP contribution in [0.4, 0.5) is 5.13 Å². The molecule has 5 aromatic rings. The zero-order valence-corrected chi connectivity index (χ0v) is 17.1. The standard InChI is InChI=1S/C22H15N3O3S2/c23-30(27,28)15-9-10-18-19(12-15)29-22(24-18)25-21(26)20-16-7-3-1-5-13(16)11-14-6-2-4-8-17(14)20/h1-12H,(H2,23,27,28)(H,24,25,26). The third-order valence-corrected chi connectivity index (χ3v) is 6.75. The molecule has 0 fully saturated rings. The maximum atomic E-state index is 13.3. The number of nitrogens with zero attached hydrogens (tertiary/aromatic N) is 1. The molecule has 5 rings (SSSR count). The van der Waals surface area contributed by atoms with E-state index in [2.05, 4.69) is 16.4 Å². The predicted octanol–water partition coefficient (Wildman–Crippen LogP) is 4.50. The van der Waals surface area contributed by atoms with Crippen LogP contribution in [0, 0.1) is 0 Å². The van der Waals surface area contributed by atoms with Crippen molar-refractivity contribution in [2.75, 3.05) is 5.32 Å². The average Bonchev–Trinajstić information content (AvgIpc) is 3.12. The van der Waals surface area contributed by atoms with Crippen LogP contribution in [0.1, 0.15) is 10.4 Å². The summed E-state index contributed by atoms with van der Waals surface area (Å²) < 4.78 is 23.8. The van der Waals surface area contributed by atoms with Crippen molar-refractivity contribution in [3.8, 4) is 0 Å². The molecule has 0 aliphatic heterocycles. The van der Waals surface area contributed by atoms with Gasteiger partial charge in [-0.05, 0) is 45.8 Å². The van der Waals surface area contributed by atoms with E-state index in [-0.39, 0.29) is 10.8 Å². The summed E-state index contributed by atoms with van der Waals surface area (Å²) in [6.45, 7) is 0. The van der Waals surface area contributed by atoms with Crippen LogP contribution in [0.3, 0.4) is 0 Å². The van der Waals surface area contributed by atoms with Crippen LogP contribution in [-0.2, 0) is 10.0 Å². The third-order valence-electron chi connectivity index (χ3n) is 4.91. The van der Waals surface area contributed by atoms with Crippen LogP contribution < -0.4 is 10.5 Å². The highest BCUT2D eigenvalue weighted by Gasteiger charge is 2.17. The maximum absolute atomic E-state index is 13.3. The minimum Gasteiger partial charge on any atom is -0.298 e. The molecule has 1 amide bonds. The van der Waals surface area contributed by atoms with E-state index in [1.54, 1.807) is 6.07 Å². The van der Waals surface area contributed by atoms with Gasteiger partial charge in [-0.25, -0.2) is 18.5 Å². The van der Waals surface area contributed by atoms with Crippen molar-refractivity contribution in [1.29, 1.82) is 0 Å². The average molecular weight is 434 g/mol. The molecule has 0 atom stereocenters. The lowest BCUT2D eigenvalue weighted by Crippen LogP contribution is -2.12. The summed E-state index contributed by atoms with van der Waals surface area (Å²) in [7, 11) is -3.81. The van der Waals surface area contributed by atoms with Crippen LogP contribution in [0.25, 0.3) is 31.8 Å².